The molecule has 1 aromatic carbocycles. The Morgan fingerprint density at radius 1 is 1.11 bits per heavy atom. The van der Waals surface area contributed by atoms with Crippen molar-refractivity contribution in [2.45, 2.75) is 91.6 Å². The molecule has 0 bridgehead atoms. The second-order valence-electron chi connectivity index (χ2n) is 12.1. The van der Waals surface area contributed by atoms with Gasteiger partial charge in [0.1, 0.15) is 5.75 Å². The van der Waals surface area contributed by atoms with Gasteiger partial charge in [0, 0.05) is 23.5 Å². The van der Waals surface area contributed by atoms with Crippen LogP contribution in [0.15, 0.2) is 24.3 Å². The van der Waals surface area contributed by atoms with Gasteiger partial charge in [0.2, 0.25) is 0 Å². The molecule has 1 saturated carbocycles. The molecule has 1 aliphatic heterocycles. The SMILES string of the molecule is Cc1c(C(=O)NC2COC2)cc(-c2cc(OCC(C)C)cc(C(C)(C)C)c2)n1CC1CCCCC1. The lowest BCUT2D eigenvalue weighted by Crippen LogP contribution is -2.48. The first-order valence-corrected chi connectivity index (χ1v) is 13.5. The number of aromatic nitrogens is 1. The van der Waals surface area contributed by atoms with E-state index in [1.165, 1.54) is 37.7 Å². The predicted octanol–water partition coefficient (Wildman–Crippen LogP) is 6.50. The molecule has 0 unspecified atom stereocenters. The lowest BCUT2D eigenvalue weighted by atomic mass is 9.85. The smallest absolute Gasteiger partial charge is 0.253 e. The molecule has 1 aliphatic carbocycles. The van der Waals surface area contributed by atoms with Crippen molar-refractivity contribution in [3.8, 4) is 17.0 Å². The second-order valence-corrected chi connectivity index (χ2v) is 12.1. The molecule has 1 amide bonds. The highest BCUT2D eigenvalue weighted by atomic mass is 16.5. The van der Waals surface area contributed by atoms with Gasteiger partial charge in [0.25, 0.3) is 5.91 Å². The molecule has 0 atom stereocenters. The summed E-state index contributed by atoms with van der Waals surface area (Å²) in [4.78, 5) is 13.2. The first kappa shape index (κ1) is 25.8. The van der Waals surface area contributed by atoms with Crippen molar-refractivity contribution < 1.29 is 14.3 Å². The number of carbonyl (C=O) groups is 1. The van der Waals surface area contributed by atoms with Gasteiger partial charge < -0.3 is 19.4 Å². The summed E-state index contributed by atoms with van der Waals surface area (Å²) in [6.07, 6.45) is 6.49. The molecule has 2 aromatic rings. The second kappa shape index (κ2) is 10.8. The minimum atomic E-state index is -0.00772. The fourth-order valence-electron chi connectivity index (χ4n) is 5.09. The van der Waals surface area contributed by atoms with Crippen molar-refractivity contribution in [3.63, 3.8) is 0 Å². The van der Waals surface area contributed by atoms with Crippen molar-refractivity contribution in [2.75, 3.05) is 19.8 Å². The number of nitrogens with one attached hydrogen (secondary N) is 1. The first-order valence-electron chi connectivity index (χ1n) is 13.5. The van der Waals surface area contributed by atoms with Crippen LogP contribution in [0.5, 0.6) is 5.75 Å². The van der Waals surface area contributed by atoms with Gasteiger partial charge in [0.05, 0.1) is 31.4 Å². The summed E-state index contributed by atoms with van der Waals surface area (Å²) in [7, 11) is 0. The average molecular weight is 481 g/mol. The number of carbonyl (C=O) groups excluding carboxylic acids is 1. The number of hydrogen-bond donors (Lipinski definition) is 1. The average Bonchev–Trinajstić information content (AvgIpc) is 3.11. The molecule has 2 fully saturated rings. The highest BCUT2D eigenvalue weighted by Crippen LogP contribution is 2.36. The summed E-state index contributed by atoms with van der Waals surface area (Å²) in [5.41, 5.74) is 5.30. The summed E-state index contributed by atoms with van der Waals surface area (Å²) < 4.78 is 13.9. The Labute approximate surface area is 211 Å². The van der Waals surface area contributed by atoms with Crippen LogP contribution in [0.4, 0.5) is 0 Å². The van der Waals surface area contributed by atoms with Crippen LogP contribution in [0.25, 0.3) is 11.3 Å². The van der Waals surface area contributed by atoms with Crippen molar-refractivity contribution in [1.29, 1.82) is 0 Å². The Hall–Kier alpha value is -2.27. The Morgan fingerprint density at radius 3 is 2.43 bits per heavy atom. The molecule has 1 N–H and O–H groups in total. The Bertz CT molecular complexity index is 1020. The van der Waals surface area contributed by atoms with E-state index in [-0.39, 0.29) is 17.4 Å². The van der Waals surface area contributed by atoms with Crippen LogP contribution in [0, 0.1) is 18.8 Å². The highest BCUT2D eigenvalue weighted by Gasteiger charge is 2.26. The van der Waals surface area contributed by atoms with Crippen LogP contribution in [0.1, 0.15) is 88.3 Å². The van der Waals surface area contributed by atoms with E-state index in [9.17, 15) is 4.79 Å². The fraction of sp³-hybridized carbons (Fsp3) is 0.633. The third-order valence-electron chi connectivity index (χ3n) is 7.40. The zero-order valence-corrected chi connectivity index (χ0v) is 22.6. The van der Waals surface area contributed by atoms with Crippen LogP contribution in [-0.4, -0.2) is 36.3 Å². The molecule has 5 heteroatoms. The van der Waals surface area contributed by atoms with Crippen LogP contribution in [0.3, 0.4) is 0 Å². The Morgan fingerprint density at radius 2 is 1.83 bits per heavy atom. The largest absolute Gasteiger partial charge is 0.493 e. The third kappa shape index (κ3) is 6.30. The normalized spacial score (nSPS) is 17.5. The molecule has 0 radical (unpaired) electrons. The quantitative estimate of drug-likeness (QED) is 0.469. The lowest BCUT2D eigenvalue weighted by Gasteiger charge is -2.27. The fourth-order valence-corrected chi connectivity index (χ4v) is 5.09. The maximum Gasteiger partial charge on any atom is 0.253 e. The number of rotatable bonds is 8. The minimum Gasteiger partial charge on any atom is -0.493 e. The molecule has 35 heavy (non-hydrogen) atoms. The first-order chi connectivity index (χ1) is 16.6. The van der Waals surface area contributed by atoms with Crippen LogP contribution in [0.2, 0.25) is 0 Å². The standard InChI is InChI=1S/C30H44N2O3/c1-20(2)17-35-26-13-23(12-24(14-26)30(4,5)6)28-15-27(29(33)31-25-18-34-19-25)21(3)32(28)16-22-10-8-7-9-11-22/h12-15,20,22,25H,7-11,16-19H2,1-6H3,(H,31,33). The van der Waals surface area contributed by atoms with Gasteiger partial charge in [-0.25, -0.2) is 0 Å². The topological polar surface area (TPSA) is 52.5 Å². The van der Waals surface area contributed by atoms with Gasteiger partial charge in [-0.15, -0.1) is 0 Å². The molecule has 5 nitrogen and oxygen atoms in total. The van der Waals surface area contributed by atoms with Gasteiger partial charge in [-0.1, -0.05) is 53.9 Å². The van der Waals surface area contributed by atoms with Crippen molar-refractivity contribution >= 4 is 5.91 Å². The number of nitrogens with zero attached hydrogens (tertiary/aromatic N) is 1. The molecule has 192 valence electrons. The lowest BCUT2D eigenvalue weighted by molar-refractivity contribution is -0.00347. The third-order valence-corrected chi connectivity index (χ3v) is 7.40. The van der Waals surface area contributed by atoms with E-state index < -0.39 is 0 Å². The van der Waals surface area contributed by atoms with E-state index in [1.807, 2.05) is 0 Å². The maximum atomic E-state index is 13.2. The number of ether oxygens (including phenoxy) is 2. The summed E-state index contributed by atoms with van der Waals surface area (Å²) in [5, 5.41) is 3.15. The van der Waals surface area contributed by atoms with E-state index >= 15 is 0 Å². The molecule has 0 spiro atoms. The number of amides is 1. The molecular formula is C30H44N2O3. The minimum absolute atomic E-state index is 0.00250. The summed E-state index contributed by atoms with van der Waals surface area (Å²) in [6, 6.07) is 8.84. The van der Waals surface area contributed by atoms with Gasteiger partial charge >= 0.3 is 0 Å². The monoisotopic (exact) mass is 480 g/mol. The van der Waals surface area contributed by atoms with Crippen molar-refractivity contribution in [3.05, 3.63) is 41.1 Å². The van der Waals surface area contributed by atoms with E-state index in [1.54, 1.807) is 0 Å². The van der Waals surface area contributed by atoms with E-state index in [0.717, 1.165) is 34.8 Å². The van der Waals surface area contributed by atoms with Crippen LogP contribution >= 0.6 is 0 Å². The molecule has 2 heterocycles. The molecule has 2 aliphatic rings. The van der Waals surface area contributed by atoms with Crippen LogP contribution in [-0.2, 0) is 16.7 Å². The number of benzene rings is 1. The summed E-state index contributed by atoms with van der Waals surface area (Å²) in [5.74, 6) is 2.02. The maximum absolute atomic E-state index is 13.2. The Balaban J connectivity index is 1.76. The molecular weight excluding hydrogens is 436 g/mol. The molecule has 4 rings (SSSR count). The van der Waals surface area contributed by atoms with Gasteiger partial charge in [-0.3, -0.25) is 4.79 Å². The summed E-state index contributed by atoms with van der Waals surface area (Å²) in [6.45, 7) is 16.0. The zero-order valence-electron chi connectivity index (χ0n) is 22.6. The molecule has 1 saturated heterocycles. The van der Waals surface area contributed by atoms with Crippen molar-refractivity contribution in [1.82, 2.24) is 9.88 Å². The number of hydrogen-bond acceptors (Lipinski definition) is 3. The molecule has 1 aromatic heterocycles. The zero-order chi connectivity index (χ0) is 25.2. The van der Waals surface area contributed by atoms with Gasteiger partial charge in [-0.05, 0) is 66.8 Å². The van der Waals surface area contributed by atoms with E-state index in [0.29, 0.717) is 31.7 Å². The van der Waals surface area contributed by atoms with Gasteiger partial charge in [0.15, 0.2) is 0 Å². The Kier molecular flexibility index (Phi) is 7.95. The van der Waals surface area contributed by atoms with E-state index in [2.05, 4.69) is 75.7 Å². The highest BCUT2D eigenvalue weighted by molar-refractivity contribution is 5.97. The van der Waals surface area contributed by atoms with Crippen LogP contribution < -0.4 is 10.1 Å². The summed E-state index contributed by atoms with van der Waals surface area (Å²) >= 11 is 0. The predicted molar refractivity (Wildman–Crippen MR) is 142 cm³/mol. The van der Waals surface area contributed by atoms with E-state index in [4.69, 9.17) is 9.47 Å². The van der Waals surface area contributed by atoms with Crippen molar-refractivity contribution in [2.24, 2.45) is 11.8 Å². The van der Waals surface area contributed by atoms with Gasteiger partial charge in [-0.2, -0.15) is 0 Å².